The third-order valence-corrected chi connectivity index (χ3v) is 4.65. The Hall–Kier alpha value is -3.55. The van der Waals surface area contributed by atoms with E-state index < -0.39 is 6.10 Å². The molecule has 8 heteroatoms. The number of halogens is 2. The van der Waals surface area contributed by atoms with Gasteiger partial charge in [-0.05, 0) is 42.0 Å². The van der Waals surface area contributed by atoms with Gasteiger partial charge >= 0.3 is 0 Å². The van der Waals surface area contributed by atoms with E-state index >= 15 is 0 Å². The summed E-state index contributed by atoms with van der Waals surface area (Å²) in [6.45, 7) is 0.245. The van der Waals surface area contributed by atoms with Gasteiger partial charge in [-0.3, -0.25) is 9.89 Å². The standard InChI is InChI=1S/C21H18F2N4O2/c22-16-5-1-13(2-6-16)9-18-10-19(29-27-18)21(28)24-11-15-12-25-26-20(15)14-3-7-17(23)8-4-14/h1-8,12,19H,9-11H2,(H,24,28)(H,25,26). The van der Waals surface area contributed by atoms with Gasteiger partial charge < -0.3 is 10.2 Å². The predicted molar refractivity (Wildman–Crippen MR) is 103 cm³/mol. The molecule has 2 heterocycles. The van der Waals surface area contributed by atoms with Gasteiger partial charge in [0.25, 0.3) is 5.91 Å². The zero-order valence-electron chi connectivity index (χ0n) is 15.4. The Morgan fingerprint density at radius 2 is 1.79 bits per heavy atom. The van der Waals surface area contributed by atoms with Crippen molar-refractivity contribution < 1.29 is 18.4 Å². The molecule has 2 aromatic carbocycles. The first-order valence-corrected chi connectivity index (χ1v) is 9.10. The fourth-order valence-corrected chi connectivity index (χ4v) is 3.12. The molecule has 1 aliphatic heterocycles. The maximum Gasteiger partial charge on any atom is 0.264 e. The van der Waals surface area contributed by atoms with Crippen LogP contribution in [-0.2, 0) is 22.6 Å². The van der Waals surface area contributed by atoms with Crippen LogP contribution in [0.2, 0.25) is 0 Å². The van der Waals surface area contributed by atoms with Crippen molar-refractivity contribution in [3.63, 3.8) is 0 Å². The maximum absolute atomic E-state index is 13.1. The smallest absolute Gasteiger partial charge is 0.264 e. The van der Waals surface area contributed by atoms with Gasteiger partial charge in [-0.1, -0.05) is 17.3 Å². The summed E-state index contributed by atoms with van der Waals surface area (Å²) in [5.41, 5.74) is 3.89. The third-order valence-electron chi connectivity index (χ3n) is 4.65. The van der Waals surface area contributed by atoms with Gasteiger partial charge in [0.1, 0.15) is 11.6 Å². The molecule has 0 saturated carbocycles. The van der Waals surface area contributed by atoms with Gasteiger partial charge in [-0.15, -0.1) is 0 Å². The number of carbonyl (C=O) groups excluding carboxylic acids is 1. The lowest BCUT2D eigenvalue weighted by atomic mass is 10.0. The number of nitrogens with zero attached hydrogens (tertiary/aromatic N) is 2. The molecule has 0 bridgehead atoms. The number of oxime groups is 1. The molecule has 0 aliphatic carbocycles. The number of aromatic nitrogens is 2. The molecule has 4 rings (SSSR count). The fourth-order valence-electron chi connectivity index (χ4n) is 3.12. The number of rotatable bonds is 6. The second-order valence-electron chi connectivity index (χ2n) is 6.75. The number of carbonyl (C=O) groups is 1. The molecule has 148 valence electrons. The number of H-pyrrole nitrogens is 1. The van der Waals surface area contributed by atoms with Crippen LogP contribution in [0.15, 0.2) is 59.9 Å². The van der Waals surface area contributed by atoms with E-state index in [9.17, 15) is 13.6 Å². The van der Waals surface area contributed by atoms with Crippen LogP contribution in [-0.4, -0.2) is 27.9 Å². The van der Waals surface area contributed by atoms with Gasteiger partial charge in [0.2, 0.25) is 6.10 Å². The lowest BCUT2D eigenvalue weighted by Crippen LogP contribution is -2.34. The van der Waals surface area contributed by atoms with E-state index in [4.69, 9.17) is 4.84 Å². The molecule has 0 saturated heterocycles. The molecule has 3 aromatic rings. The summed E-state index contributed by atoms with van der Waals surface area (Å²) in [7, 11) is 0. The maximum atomic E-state index is 13.1. The minimum atomic E-state index is -0.702. The number of hydrogen-bond acceptors (Lipinski definition) is 4. The van der Waals surface area contributed by atoms with Crippen LogP contribution in [0.1, 0.15) is 17.5 Å². The number of amides is 1. The van der Waals surface area contributed by atoms with Gasteiger partial charge in [-0.25, -0.2) is 8.78 Å². The normalized spacial score (nSPS) is 15.7. The minimum Gasteiger partial charge on any atom is -0.382 e. The van der Waals surface area contributed by atoms with E-state index in [1.807, 2.05) is 0 Å². The molecule has 1 atom stereocenters. The monoisotopic (exact) mass is 396 g/mol. The molecule has 1 amide bonds. The first kappa shape index (κ1) is 18.8. The predicted octanol–water partition coefficient (Wildman–Crippen LogP) is 3.36. The van der Waals surface area contributed by atoms with Gasteiger partial charge in [0.15, 0.2) is 0 Å². The summed E-state index contributed by atoms with van der Waals surface area (Å²) in [6, 6.07) is 12.2. The summed E-state index contributed by atoms with van der Waals surface area (Å²) >= 11 is 0. The third kappa shape index (κ3) is 4.48. The van der Waals surface area contributed by atoms with E-state index in [0.29, 0.717) is 18.5 Å². The quantitative estimate of drug-likeness (QED) is 0.671. The molecular weight excluding hydrogens is 378 g/mol. The zero-order chi connectivity index (χ0) is 20.2. The second-order valence-corrected chi connectivity index (χ2v) is 6.75. The van der Waals surface area contributed by atoms with Crippen LogP contribution in [0.25, 0.3) is 11.3 Å². The van der Waals surface area contributed by atoms with Crippen molar-refractivity contribution in [3.8, 4) is 11.3 Å². The van der Waals surface area contributed by atoms with Crippen molar-refractivity contribution in [2.24, 2.45) is 5.16 Å². The molecule has 1 aromatic heterocycles. The van der Waals surface area contributed by atoms with Crippen LogP contribution in [0.5, 0.6) is 0 Å². The lowest BCUT2D eigenvalue weighted by molar-refractivity contribution is -0.131. The average molecular weight is 396 g/mol. The van der Waals surface area contributed by atoms with E-state index in [2.05, 4.69) is 20.7 Å². The van der Waals surface area contributed by atoms with Gasteiger partial charge in [-0.2, -0.15) is 5.10 Å². The Balaban J connectivity index is 1.32. The van der Waals surface area contributed by atoms with E-state index in [1.54, 1.807) is 30.5 Å². The average Bonchev–Trinajstić information content (AvgIpc) is 3.38. The summed E-state index contributed by atoms with van der Waals surface area (Å²) in [5.74, 6) is -0.901. The molecule has 0 fully saturated rings. The Bertz CT molecular complexity index is 1030. The topological polar surface area (TPSA) is 79.4 Å². The highest BCUT2D eigenvalue weighted by Gasteiger charge is 2.28. The minimum absolute atomic E-state index is 0.245. The summed E-state index contributed by atoms with van der Waals surface area (Å²) < 4.78 is 26.1. The van der Waals surface area contributed by atoms with Crippen LogP contribution in [0.4, 0.5) is 8.78 Å². The first-order chi connectivity index (χ1) is 14.1. The van der Waals surface area contributed by atoms with Crippen molar-refractivity contribution in [1.82, 2.24) is 15.5 Å². The lowest BCUT2D eigenvalue weighted by Gasteiger charge is -2.10. The Morgan fingerprint density at radius 3 is 2.52 bits per heavy atom. The van der Waals surface area contributed by atoms with Crippen molar-refractivity contribution in [2.45, 2.75) is 25.5 Å². The molecule has 0 spiro atoms. The summed E-state index contributed by atoms with van der Waals surface area (Å²) in [6.07, 6.45) is 1.79. The molecule has 2 N–H and O–H groups in total. The molecule has 0 radical (unpaired) electrons. The van der Waals surface area contributed by atoms with Crippen molar-refractivity contribution >= 4 is 11.6 Å². The first-order valence-electron chi connectivity index (χ1n) is 9.10. The van der Waals surface area contributed by atoms with Crippen LogP contribution < -0.4 is 5.32 Å². The highest BCUT2D eigenvalue weighted by Crippen LogP contribution is 2.21. The van der Waals surface area contributed by atoms with Gasteiger partial charge in [0, 0.05) is 30.5 Å². The molecular formula is C21H18F2N4O2. The van der Waals surface area contributed by atoms with Crippen molar-refractivity contribution in [3.05, 3.63) is 77.5 Å². The summed E-state index contributed by atoms with van der Waals surface area (Å²) in [4.78, 5) is 17.7. The van der Waals surface area contributed by atoms with E-state index in [-0.39, 0.29) is 24.1 Å². The number of benzene rings is 2. The van der Waals surface area contributed by atoms with E-state index in [0.717, 1.165) is 22.4 Å². The van der Waals surface area contributed by atoms with Crippen LogP contribution in [0, 0.1) is 11.6 Å². The fraction of sp³-hybridized carbons (Fsp3) is 0.190. The van der Waals surface area contributed by atoms with Crippen molar-refractivity contribution in [1.29, 1.82) is 0 Å². The number of nitrogens with one attached hydrogen (secondary N) is 2. The number of hydrogen-bond donors (Lipinski definition) is 2. The number of aromatic amines is 1. The van der Waals surface area contributed by atoms with Gasteiger partial charge in [0.05, 0.1) is 17.6 Å². The largest absolute Gasteiger partial charge is 0.382 e. The molecule has 1 aliphatic rings. The molecule has 6 nitrogen and oxygen atoms in total. The Morgan fingerprint density at radius 1 is 1.10 bits per heavy atom. The van der Waals surface area contributed by atoms with E-state index in [1.165, 1.54) is 24.3 Å². The van der Waals surface area contributed by atoms with Crippen LogP contribution >= 0.6 is 0 Å². The second kappa shape index (κ2) is 8.22. The van der Waals surface area contributed by atoms with Crippen molar-refractivity contribution in [2.75, 3.05) is 0 Å². The molecule has 29 heavy (non-hydrogen) atoms. The van der Waals surface area contributed by atoms with Crippen LogP contribution in [0.3, 0.4) is 0 Å². The SMILES string of the molecule is O=C(NCc1cn[nH]c1-c1ccc(F)cc1)C1CC(Cc2ccc(F)cc2)=NO1. The highest BCUT2D eigenvalue weighted by molar-refractivity contribution is 5.94. The molecule has 1 unspecified atom stereocenters. The summed E-state index contributed by atoms with van der Waals surface area (Å²) in [5, 5.41) is 13.7. The Kier molecular flexibility index (Phi) is 5.33. The zero-order valence-corrected chi connectivity index (χ0v) is 15.4. The highest BCUT2D eigenvalue weighted by atomic mass is 19.1. The Labute approximate surface area is 165 Å².